The van der Waals surface area contributed by atoms with E-state index in [4.69, 9.17) is 11.6 Å². The van der Waals surface area contributed by atoms with E-state index >= 15 is 0 Å². The van der Waals surface area contributed by atoms with Crippen LogP contribution in [0.5, 0.6) is 0 Å². The Labute approximate surface area is 124 Å². The predicted octanol–water partition coefficient (Wildman–Crippen LogP) is 2.51. The Bertz CT molecular complexity index is 497. The first kappa shape index (κ1) is 14.9. The van der Waals surface area contributed by atoms with Crippen molar-refractivity contribution in [3.05, 3.63) is 28.8 Å². The van der Waals surface area contributed by atoms with E-state index in [2.05, 4.69) is 10.2 Å². The molecule has 108 valence electrons. The molecular weight excluding hydrogens is 276 g/mol. The first-order valence-electron chi connectivity index (χ1n) is 6.85. The Kier molecular flexibility index (Phi) is 5.01. The summed E-state index contributed by atoms with van der Waals surface area (Å²) in [5.74, 6) is 0.527. The Balaban J connectivity index is 1.99. The van der Waals surface area contributed by atoms with Crippen molar-refractivity contribution < 1.29 is 9.59 Å². The number of rotatable bonds is 4. The van der Waals surface area contributed by atoms with E-state index in [1.54, 1.807) is 6.07 Å². The topological polar surface area (TPSA) is 49.4 Å². The van der Waals surface area contributed by atoms with E-state index < -0.39 is 0 Å². The fourth-order valence-corrected chi connectivity index (χ4v) is 2.80. The van der Waals surface area contributed by atoms with Gasteiger partial charge in [0.25, 0.3) is 0 Å². The van der Waals surface area contributed by atoms with Crippen LogP contribution in [0.15, 0.2) is 18.2 Å². The molecule has 1 heterocycles. The number of anilines is 1. The molecule has 1 fully saturated rings. The molecule has 1 saturated heterocycles. The van der Waals surface area contributed by atoms with Gasteiger partial charge in [0.05, 0.1) is 10.6 Å². The van der Waals surface area contributed by atoms with Gasteiger partial charge in [-0.3, -0.25) is 9.59 Å². The van der Waals surface area contributed by atoms with Crippen LogP contribution in [0.2, 0.25) is 5.02 Å². The van der Waals surface area contributed by atoms with Crippen molar-refractivity contribution in [1.82, 2.24) is 5.32 Å². The lowest BCUT2D eigenvalue weighted by molar-refractivity contribution is -0.119. The van der Waals surface area contributed by atoms with E-state index in [0.717, 1.165) is 44.4 Å². The van der Waals surface area contributed by atoms with Crippen molar-refractivity contribution in [2.24, 2.45) is 5.92 Å². The molecule has 1 aromatic carbocycles. The zero-order valence-corrected chi connectivity index (χ0v) is 12.3. The summed E-state index contributed by atoms with van der Waals surface area (Å²) in [5, 5.41) is 3.36. The van der Waals surface area contributed by atoms with Gasteiger partial charge in [0.1, 0.15) is 0 Å². The molecule has 1 aliphatic heterocycles. The Morgan fingerprint density at radius 2 is 2.15 bits per heavy atom. The average molecular weight is 295 g/mol. The highest BCUT2D eigenvalue weighted by molar-refractivity contribution is 6.33. The van der Waals surface area contributed by atoms with Gasteiger partial charge in [0.15, 0.2) is 6.29 Å². The summed E-state index contributed by atoms with van der Waals surface area (Å²) in [5.41, 5.74) is 1.47. The number of hydrogen-bond acceptors (Lipinski definition) is 3. The van der Waals surface area contributed by atoms with Crippen LogP contribution in [0.4, 0.5) is 5.69 Å². The summed E-state index contributed by atoms with van der Waals surface area (Å²) in [4.78, 5) is 24.3. The van der Waals surface area contributed by atoms with Crippen molar-refractivity contribution in [2.45, 2.75) is 19.8 Å². The maximum Gasteiger partial charge on any atom is 0.216 e. The summed E-state index contributed by atoms with van der Waals surface area (Å²) in [6.07, 6.45) is 2.83. The maximum absolute atomic E-state index is 11.2. The molecule has 20 heavy (non-hydrogen) atoms. The summed E-state index contributed by atoms with van der Waals surface area (Å²) in [6.45, 7) is 4.04. The van der Waals surface area contributed by atoms with E-state index in [0.29, 0.717) is 16.5 Å². The first-order valence-corrected chi connectivity index (χ1v) is 7.22. The summed E-state index contributed by atoms with van der Waals surface area (Å²) < 4.78 is 0. The van der Waals surface area contributed by atoms with Crippen molar-refractivity contribution in [3.8, 4) is 0 Å². The molecule has 0 bridgehead atoms. The zero-order chi connectivity index (χ0) is 14.5. The molecule has 0 saturated carbocycles. The van der Waals surface area contributed by atoms with Gasteiger partial charge < -0.3 is 10.2 Å². The maximum atomic E-state index is 11.2. The molecule has 2 rings (SSSR count). The number of carbonyl (C=O) groups excluding carboxylic acids is 2. The number of benzene rings is 1. The number of piperidine rings is 1. The van der Waals surface area contributed by atoms with Gasteiger partial charge >= 0.3 is 0 Å². The number of carbonyl (C=O) groups is 2. The average Bonchev–Trinajstić information content (AvgIpc) is 2.45. The molecule has 0 aliphatic carbocycles. The second-order valence-corrected chi connectivity index (χ2v) is 5.57. The molecule has 4 nitrogen and oxygen atoms in total. The van der Waals surface area contributed by atoms with Gasteiger partial charge in [0, 0.05) is 32.2 Å². The molecule has 1 aromatic rings. The van der Waals surface area contributed by atoms with Crippen molar-refractivity contribution >= 4 is 29.5 Å². The van der Waals surface area contributed by atoms with Gasteiger partial charge in [-0.05, 0) is 30.9 Å². The lowest BCUT2D eigenvalue weighted by atomic mass is 9.96. The van der Waals surface area contributed by atoms with Gasteiger partial charge in [-0.25, -0.2) is 0 Å². The Hall–Kier alpha value is -1.55. The predicted molar refractivity (Wildman–Crippen MR) is 80.5 cm³/mol. The van der Waals surface area contributed by atoms with Crippen LogP contribution >= 0.6 is 11.6 Å². The summed E-state index contributed by atoms with van der Waals surface area (Å²) in [6, 6.07) is 5.54. The monoisotopic (exact) mass is 294 g/mol. The number of halogens is 1. The molecule has 0 unspecified atom stereocenters. The third-order valence-electron chi connectivity index (χ3n) is 3.74. The second-order valence-electron chi connectivity index (χ2n) is 5.16. The number of nitrogens with zero attached hydrogens (tertiary/aromatic N) is 1. The lowest BCUT2D eigenvalue weighted by Crippen LogP contribution is -2.38. The minimum absolute atomic E-state index is 0.0190. The molecule has 1 aliphatic rings. The van der Waals surface area contributed by atoms with Gasteiger partial charge in [-0.15, -0.1) is 0 Å². The highest BCUT2D eigenvalue weighted by Gasteiger charge is 2.21. The normalized spacial score (nSPS) is 16.0. The molecule has 0 spiro atoms. The minimum atomic E-state index is 0.0190. The van der Waals surface area contributed by atoms with Crippen molar-refractivity contribution in [1.29, 1.82) is 0 Å². The Morgan fingerprint density at radius 3 is 2.75 bits per heavy atom. The van der Waals surface area contributed by atoms with E-state index in [1.807, 2.05) is 12.1 Å². The third-order valence-corrected chi connectivity index (χ3v) is 4.07. The second kappa shape index (κ2) is 6.75. The van der Waals surface area contributed by atoms with Crippen LogP contribution in [-0.4, -0.2) is 31.8 Å². The van der Waals surface area contributed by atoms with E-state index in [-0.39, 0.29) is 5.91 Å². The smallest absolute Gasteiger partial charge is 0.216 e. The van der Waals surface area contributed by atoms with E-state index in [1.165, 1.54) is 6.92 Å². The number of aldehydes is 1. The minimum Gasteiger partial charge on any atom is -0.371 e. The Morgan fingerprint density at radius 1 is 1.45 bits per heavy atom. The van der Waals surface area contributed by atoms with Crippen LogP contribution in [0, 0.1) is 5.92 Å². The van der Waals surface area contributed by atoms with Crippen LogP contribution in [0.3, 0.4) is 0 Å². The van der Waals surface area contributed by atoms with Gasteiger partial charge in [-0.2, -0.15) is 0 Å². The standard InChI is InChI=1S/C15H19ClN2O2/c1-11(20)17-9-12-5-7-18(8-6-12)15-4-2-3-14(16)13(15)10-19/h2-4,10,12H,5-9H2,1H3,(H,17,20). The molecular formula is C15H19ClN2O2. The van der Waals surface area contributed by atoms with E-state index in [9.17, 15) is 9.59 Å². The number of amides is 1. The zero-order valence-electron chi connectivity index (χ0n) is 11.6. The third kappa shape index (κ3) is 3.51. The van der Waals surface area contributed by atoms with Crippen LogP contribution in [0.1, 0.15) is 30.1 Å². The molecule has 1 amide bonds. The highest BCUT2D eigenvalue weighted by Crippen LogP contribution is 2.29. The molecule has 0 atom stereocenters. The first-order chi connectivity index (χ1) is 9.61. The molecule has 1 N–H and O–H groups in total. The van der Waals surface area contributed by atoms with Gasteiger partial charge in [-0.1, -0.05) is 17.7 Å². The van der Waals surface area contributed by atoms with Crippen LogP contribution in [-0.2, 0) is 4.79 Å². The summed E-state index contributed by atoms with van der Waals surface area (Å²) >= 11 is 6.06. The number of hydrogen-bond donors (Lipinski definition) is 1. The van der Waals surface area contributed by atoms with Gasteiger partial charge in [0.2, 0.25) is 5.91 Å². The van der Waals surface area contributed by atoms with Crippen LogP contribution < -0.4 is 10.2 Å². The van der Waals surface area contributed by atoms with Crippen molar-refractivity contribution in [2.75, 3.05) is 24.5 Å². The lowest BCUT2D eigenvalue weighted by Gasteiger charge is -2.34. The molecule has 0 radical (unpaired) electrons. The molecule has 0 aromatic heterocycles. The fraction of sp³-hybridized carbons (Fsp3) is 0.467. The SMILES string of the molecule is CC(=O)NCC1CCN(c2cccc(Cl)c2C=O)CC1. The number of nitrogens with one attached hydrogen (secondary N) is 1. The van der Waals surface area contributed by atoms with Crippen LogP contribution in [0.25, 0.3) is 0 Å². The quantitative estimate of drug-likeness (QED) is 0.868. The fourth-order valence-electron chi connectivity index (χ4n) is 2.58. The van der Waals surface area contributed by atoms with Crippen molar-refractivity contribution in [3.63, 3.8) is 0 Å². The largest absolute Gasteiger partial charge is 0.371 e. The molecule has 5 heteroatoms. The highest BCUT2D eigenvalue weighted by atomic mass is 35.5. The summed E-state index contributed by atoms with van der Waals surface area (Å²) in [7, 11) is 0.